The Balaban J connectivity index is 2.97. The number of hydrogen-bond acceptors (Lipinski definition) is 3. The third kappa shape index (κ3) is 4.02. The van der Waals surface area contributed by atoms with Crippen LogP contribution in [0.5, 0.6) is 5.75 Å². The van der Waals surface area contributed by atoms with Gasteiger partial charge in [0.05, 0.1) is 20.3 Å². The average molecular weight is 238 g/mol. The molecule has 17 heavy (non-hydrogen) atoms. The number of aryl methyl sites for hydroxylation is 1. The number of ether oxygens (including phenoxy) is 3. The molecule has 0 aliphatic carbocycles. The molecular formula is C14H22O3. The third-order valence-corrected chi connectivity index (χ3v) is 2.51. The molecule has 0 unspecified atom stereocenters. The lowest BCUT2D eigenvalue weighted by atomic mass is 10.1. The first-order chi connectivity index (χ1) is 8.22. The van der Waals surface area contributed by atoms with Gasteiger partial charge in [0.25, 0.3) is 0 Å². The van der Waals surface area contributed by atoms with Crippen molar-refractivity contribution in [1.82, 2.24) is 0 Å². The van der Waals surface area contributed by atoms with Crippen LogP contribution in [0.3, 0.4) is 0 Å². The molecule has 0 aromatic heterocycles. The third-order valence-electron chi connectivity index (χ3n) is 2.51. The minimum atomic E-state index is 0.584. The predicted molar refractivity (Wildman–Crippen MR) is 68.4 cm³/mol. The second kappa shape index (κ2) is 7.30. The molecule has 0 aliphatic rings. The molecule has 1 aromatic carbocycles. The highest BCUT2D eigenvalue weighted by molar-refractivity contribution is 5.44. The van der Waals surface area contributed by atoms with Crippen molar-refractivity contribution in [2.24, 2.45) is 0 Å². The van der Waals surface area contributed by atoms with Crippen LogP contribution in [0.25, 0.3) is 0 Å². The zero-order chi connectivity index (χ0) is 12.7. The topological polar surface area (TPSA) is 27.7 Å². The lowest BCUT2D eigenvalue weighted by Gasteiger charge is -2.15. The molecular weight excluding hydrogens is 216 g/mol. The lowest BCUT2D eigenvalue weighted by Crippen LogP contribution is -2.03. The van der Waals surface area contributed by atoms with Gasteiger partial charge in [0, 0.05) is 24.3 Å². The van der Waals surface area contributed by atoms with E-state index in [-0.39, 0.29) is 0 Å². The zero-order valence-electron chi connectivity index (χ0n) is 11.2. The Bertz CT molecular complexity index is 318. The quantitative estimate of drug-likeness (QED) is 0.730. The SMILES string of the molecule is CCOCc1cc(C)cc(COCC)c1OC. The summed E-state index contributed by atoms with van der Waals surface area (Å²) in [5.41, 5.74) is 3.38. The number of rotatable bonds is 7. The second-order valence-electron chi connectivity index (χ2n) is 3.89. The summed E-state index contributed by atoms with van der Waals surface area (Å²) in [6, 6.07) is 4.20. The molecule has 0 spiro atoms. The van der Waals surface area contributed by atoms with E-state index in [2.05, 4.69) is 19.1 Å². The van der Waals surface area contributed by atoms with Crippen LogP contribution in [-0.2, 0) is 22.7 Å². The van der Waals surface area contributed by atoms with E-state index in [9.17, 15) is 0 Å². The van der Waals surface area contributed by atoms with Crippen LogP contribution in [0, 0.1) is 6.92 Å². The van der Waals surface area contributed by atoms with Gasteiger partial charge in [0.15, 0.2) is 0 Å². The molecule has 1 rings (SSSR count). The minimum Gasteiger partial charge on any atom is -0.496 e. The van der Waals surface area contributed by atoms with Gasteiger partial charge in [-0.3, -0.25) is 0 Å². The molecule has 1 aromatic rings. The first-order valence-corrected chi connectivity index (χ1v) is 6.04. The summed E-state index contributed by atoms with van der Waals surface area (Å²) in [5, 5.41) is 0. The fourth-order valence-electron chi connectivity index (χ4n) is 1.83. The molecule has 0 N–H and O–H groups in total. The molecule has 0 aliphatic heterocycles. The van der Waals surface area contributed by atoms with E-state index >= 15 is 0 Å². The van der Waals surface area contributed by atoms with Crippen LogP contribution in [0.1, 0.15) is 30.5 Å². The molecule has 0 radical (unpaired) electrons. The van der Waals surface area contributed by atoms with Gasteiger partial charge in [-0.05, 0) is 20.8 Å². The van der Waals surface area contributed by atoms with Crippen LogP contribution in [0.4, 0.5) is 0 Å². The van der Waals surface area contributed by atoms with Crippen molar-refractivity contribution < 1.29 is 14.2 Å². The summed E-state index contributed by atoms with van der Waals surface area (Å²) in [6.07, 6.45) is 0. The fraction of sp³-hybridized carbons (Fsp3) is 0.571. The summed E-state index contributed by atoms with van der Waals surface area (Å²) in [7, 11) is 1.69. The Hall–Kier alpha value is -1.06. The van der Waals surface area contributed by atoms with Crippen molar-refractivity contribution in [3.63, 3.8) is 0 Å². The molecule has 96 valence electrons. The Labute approximate surface area is 104 Å². The summed E-state index contributed by atoms with van der Waals surface area (Å²) in [6.45, 7) is 8.63. The first-order valence-electron chi connectivity index (χ1n) is 6.04. The number of hydrogen-bond donors (Lipinski definition) is 0. The fourth-order valence-corrected chi connectivity index (χ4v) is 1.83. The van der Waals surface area contributed by atoms with Crippen molar-refractivity contribution in [1.29, 1.82) is 0 Å². The summed E-state index contributed by atoms with van der Waals surface area (Å²) >= 11 is 0. The van der Waals surface area contributed by atoms with Crippen LogP contribution in [0.2, 0.25) is 0 Å². The van der Waals surface area contributed by atoms with Crippen LogP contribution >= 0.6 is 0 Å². The molecule has 0 heterocycles. The Morgan fingerprint density at radius 1 is 0.941 bits per heavy atom. The molecule has 0 amide bonds. The van der Waals surface area contributed by atoms with E-state index in [0.29, 0.717) is 26.4 Å². The molecule has 0 saturated carbocycles. The normalized spacial score (nSPS) is 10.6. The Morgan fingerprint density at radius 2 is 1.41 bits per heavy atom. The number of benzene rings is 1. The van der Waals surface area contributed by atoms with Crippen molar-refractivity contribution in [3.05, 3.63) is 28.8 Å². The van der Waals surface area contributed by atoms with Crippen LogP contribution in [0.15, 0.2) is 12.1 Å². The Morgan fingerprint density at radius 3 is 1.76 bits per heavy atom. The standard InChI is InChI=1S/C14H22O3/c1-5-16-9-12-7-11(3)8-13(10-17-6-2)14(12)15-4/h7-8H,5-6,9-10H2,1-4H3. The molecule has 0 bridgehead atoms. The van der Waals surface area contributed by atoms with Gasteiger partial charge in [-0.2, -0.15) is 0 Å². The Kier molecular flexibility index (Phi) is 6.01. The van der Waals surface area contributed by atoms with Gasteiger partial charge in [-0.15, -0.1) is 0 Å². The van der Waals surface area contributed by atoms with Crippen molar-refractivity contribution >= 4 is 0 Å². The molecule has 0 saturated heterocycles. The van der Waals surface area contributed by atoms with E-state index in [0.717, 1.165) is 16.9 Å². The monoisotopic (exact) mass is 238 g/mol. The molecule has 0 atom stereocenters. The summed E-state index contributed by atoms with van der Waals surface area (Å²) in [5.74, 6) is 0.887. The minimum absolute atomic E-state index is 0.584. The van der Waals surface area contributed by atoms with Gasteiger partial charge in [0.2, 0.25) is 0 Å². The molecule has 0 fully saturated rings. The predicted octanol–water partition coefficient (Wildman–Crippen LogP) is 3.08. The van der Waals surface area contributed by atoms with Gasteiger partial charge in [0.1, 0.15) is 5.75 Å². The summed E-state index contributed by atoms with van der Waals surface area (Å²) < 4.78 is 16.4. The van der Waals surface area contributed by atoms with Gasteiger partial charge in [-0.1, -0.05) is 17.7 Å². The van der Waals surface area contributed by atoms with E-state index in [1.54, 1.807) is 7.11 Å². The van der Waals surface area contributed by atoms with Crippen molar-refractivity contribution in [3.8, 4) is 5.75 Å². The van der Waals surface area contributed by atoms with Crippen LogP contribution < -0.4 is 4.74 Å². The maximum absolute atomic E-state index is 5.47. The summed E-state index contributed by atoms with van der Waals surface area (Å²) in [4.78, 5) is 0. The highest BCUT2D eigenvalue weighted by Gasteiger charge is 2.10. The van der Waals surface area contributed by atoms with E-state index in [4.69, 9.17) is 14.2 Å². The van der Waals surface area contributed by atoms with Gasteiger partial charge in [-0.25, -0.2) is 0 Å². The van der Waals surface area contributed by atoms with Crippen molar-refractivity contribution in [2.75, 3.05) is 20.3 Å². The van der Waals surface area contributed by atoms with E-state index in [1.165, 1.54) is 5.56 Å². The van der Waals surface area contributed by atoms with Crippen LogP contribution in [-0.4, -0.2) is 20.3 Å². The second-order valence-corrected chi connectivity index (χ2v) is 3.89. The highest BCUT2D eigenvalue weighted by atomic mass is 16.5. The average Bonchev–Trinajstić information content (AvgIpc) is 2.33. The van der Waals surface area contributed by atoms with E-state index < -0.39 is 0 Å². The maximum atomic E-state index is 5.47. The smallest absolute Gasteiger partial charge is 0.129 e. The van der Waals surface area contributed by atoms with Gasteiger partial charge >= 0.3 is 0 Å². The molecule has 3 heteroatoms. The highest BCUT2D eigenvalue weighted by Crippen LogP contribution is 2.27. The zero-order valence-corrected chi connectivity index (χ0v) is 11.2. The first kappa shape index (κ1) is 14.0. The maximum Gasteiger partial charge on any atom is 0.129 e. The van der Waals surface area contributed by atoms with E-state index in [1.807, 2.05) is 13.8 Å². The largest absolute Gasteiger partial charge is 0.496 e. The van der Waals surface area contributed by atoms with Crippen molar-refractivity contribution in [2.45, 2.75) is 34.0 Å². The number of methoxy groups -OCH3 is 1. The lowest BCUT2D eigenvalue weighted by molar-refractivity contribution is 0.125. The molecule has 3 nitrogen and oxygen atoms in total. The van der Waals surface area contributed by atoms with Gasteiger partial charge < -0.3 is 14.2 Å².